The zero-order valence-electron chi connectivity index (χ0n) is 17.9. The molecule has 2 atom stereocenters. The first kappa shape index (κ1) is 24.3. The van der Waals surface area contributed by atoms with E-state index in [9.17, 15) is 0 Å². The normalized spacial score (nSPS) is 15.8. The van der Waals surface area contributed by atoms with Crippen molar-refractivity contribution < 1.29 is 4.43 Å². The van der Waals surface area contributed by atoms with Gasteiger partial charge >= 0.3 is 0 Å². The maximum absolute atomic E-state index is 6.72. The average molecular weight is 505 g/mol. The third-order valence-corrected chi connectivity index (χ3v) is 12.0. The molecule has 0 radical (unpaired) electrons. The number of benzene rings is 1. The zero-order chi connectivity index (χ0) is 20.0. The Morgan fingerprint density at radius 3 is 2.46 bits per heavy atom. The van der Waals surface area contributed by atoms with Gasteiger partial charge in [0.1, 0.15) is 0 Å². The highest BCUT2D eigenvalue weighted by Crippen LogP contribution is 2.40. The van der Waals surface area contributed by atoms with Crippen molar-refractivity contribution in [3.63, 3.8) is 0 Å². The molecule has 4 heteroatoms. The maximum atomic E-state index is 6.72. The Labute approximate surface area is 181 Å². The van der Waals surface area contributed by atoms with Crippen LogP contribution >= 0.6 is 34.4 Å². The smallest absolute Gasteiger partial charge is 0.192 e. The monoisotopic (exact) mass is 504 g/mol. The van der Waals surface area contributed by atoms with Crippen LogP contribution in [0, 0.1) is 5.92 Å². The van der Waals surface area contributed by atoms with E-state index in [-0.39, 0.29) is 11.1 Å². The maximum Gasteiger partial charge on any atom is 0.192 e. The highest BCUT2D eigenvalue weighted by atomic mass is 127. The van der Waals surface area contributed by atoms with Crippen molar-refractivity contribution in [2.75, 3.05) is 10.7 Å². The number of rotatable bonds is 9. The fraction of sp³-hybridized carbons (Fsp3) is 0.636. The van der Waals surface area contributed by atoms with Gasteiger partial charge in [0.2, 0.25) is 0 Å². The molecule has 1 rings (SSSR count). The van der Waals surface area contributed by atoms with Crippen LogP contribution in [-0.4, -0.2) is 19.0 Å². The summed E-state index contributed by atoms with van der Waals surface area (Å²) in [4.78, 5) is 1.47. The summed E-state index contributed by atoms with van der Waals surface area (Å²) in [6, 6.07) is 9.07. The lowest BCUT2D eigenvalue weighted by Gasteiger charge is -2.39. The molecule has 0 N–H and O–H groups in total. The summed E-state index contributed by atoms with van der Waals surface area (Å²) in [5.41, 5.74) is 2.75. The van der Waals surface area contributed by atoms with E-state index in [1.54, 1.807) is 0 Å². The molecule has 0 aliphatic rings. The van der Waals surface area contributed by atoms with Crippen molar-refractivity contribution in [2.45, 2.75) is 71.7 Å². The molecule has 0 heterocycles. The summed E-state index contributed by atoms with van der Waals surface area (Å²) >= 11 is 4.32. The van der Waals surface area contributed by atoms with Gasteiger partial charge in [-0.05, 0) is 59.2 Å². The summed E-state index contributed by atoms with van der Waals surface area (Å²) in [6.45, 7) is 16.2. The number of hydrogen-bond donors (Lipinski definition) is 0. The van der Waals surface area contributed by atoms with Crippen LogP contribution in [0.25, 0.3) is 0 Å². The number of hydrogen-bond acceptors (Lipinski definition) is 2. The molecule has 1 aromatic rings. The van der Waals surface area contributed by atoms with Crippen molar-refractivity contribution >= 4 is 42.7 Å². The van der Waals surface area contributed by atoms with Gasteiger partial charge in [0, 0.05) is 4.43 Å². The van der Waals surface area contributed by atoms with Crippen molar-refractivity contribution in [1.82, 2.24) is 0 Å². The van der Waals surface area contributed by atoms with Crippen molar-refractivity contribution in [3.05, 3.63) is 46.4 Å². The van der Waals surface area contributed by atoms with Gasteiger partial charge in [-0.15, -0.1) is 11.8 Å². The molecule has 1 aromatic carbocycles. The van der Waals surface area contributed by atoms with E-state index in [0.717, 1.165) is 17.3 Å². The van der Waals surface area contributed by atoms with Gasteiger partial charge in [-0.1, -0.05) is 87.6 Å². The molecule has 0 spiro atoms. The van der Waals surface area contributed by atoms with Crippen LogP contribution in [0.15, 0.2) is 35.2 Å². The molecule has 0 aromatic heterocycles. The molecule has 0 aliphatic heterocycles. The van der Waals surface area contributed by atoms with Crippen LogP contribution in [0.5, 0.6) is 0 Å². The number of thioether (sulfide) groups is 1. The van der Waals surface area contributed by atoms with Crippen LogP contribution in [0.2, 0.25) is 18.1 Å². The molecule has 148 valence electrons. The van der Waals surface area contributed by atoms with Gasteiger partial charge in [-0.25, -0.2) is 0 Å². The quantitative estimate of drug-likeness (QED) is 0.191. The largest absolute Gasteiger partial charge is 0.410 e. The molecule has 0 bridgehead atoms. The first-order valence-corrected chi connectivity index (χ1v) is 15.3. The molecule has 1 nitrogen and oxygen atoms in total. The van der Waals surface area contributed by atoms with Gasteiger partial charge in [0.05, 0.1) is 6.10 Å². The molecule has 0 amide bonds. The summed E-state index contributed by atoms with van der Waals surface area (Å²) in [6.07, 6.45) is 6.91. The van der Waals surface area contributed by atoms with E-state index >= 15 is 0 Å². The summed E-state index contributed by atoms with van der Waals surface area (Å²) in [7, 11) is -1.77. The molecular formula is C22H37IOSSi. The van der Waals surface area contributed by atoms with Crippen molar-refractivity contribution in [2.24, 2.45) is 5.92 Å². The predicted molar refractivity (Wildman–Crippen MR) is 131 cm³/mol. The highest BCUT2D eigenvalue weighted by Gasteiger charge is 2.39. The SMILES string of the molecule is CC[C@H](O[Si](C)(C)C(C)(C)C)c1cccc(C[C@H](C)/C=C(/CI)SC)c1. The van der Waals surface area contributed by atoms with E-state index in [0.29, 0.717) is 5.92 Å². The summed E-state index contributed by atoms with van der Waals surface area (Å²) in [5.74, 6) is 0.559. The molecule has 0 aliphatic carbocycles. The molecular weight excluding hydrogens is 467 g/mol. The average Bonchev–Trinajstić information content (AvgIpc) is 2.56. The highest BCUT2D eigenvalue weighted by molar-refractivity contribution is 14.1. The fourth-order valence-corrected chi connectivity index (χ4v) is 5.79. The van der Waals surface area contributed by atoms with E-state index in [1.807, 2.05) is 11.8 Å². The third-order valence-electron chi connectivity index (χ3n) is 5.36. The lowest BCUT2D eigenvalue weighted by molar-refractivity contribution is 0.179. The minimum absolute atomic E-state index is 0.206. The van der Waals surface area contributed by atoms with Crippen LogP contribution in [0.3, 0.4) is 0 Å². The van der Waals surface area contributed by atoms with Crippen LogP contribution in [0.1, 0.15) is 58.3 Å². The van der Waals surface area contributed by atoms with Gasteiger partial charge in [0.25, 0.3) is 0 Å². The number of halogens is 1. The lowest BCUT2D eigenvalue weighted by atomic mass is 9.97. The molecule has 0 saturated heterocycles. The predicted octanol–water partition coefficient (Wildman–Crippen LogP) is 8.02. The van der Waals surface area contributed by atoms with E-state index in [2.05, 4.69) is 107 Å². The van der Waals surface area contributed by atoms with E-state index in [1.165, 1.54) is 16.0 Å². The lowest BCUT2D eigenvalue weighted by Crippen LogP contribution is -2.41. The Morgan fingerprint density at radius 2 is 1.96 bits per heavy atom. The molecule has 26 heavy (non-hydrogen) atoms. The van der Waals surface area contributed by atoms with Crippen LogP contribution < -0.4 is 0 Å². The molecule has 0 fully saturated rings. The van der Waals surface area contributed by atoms with Crippen LogP contribution in [0.4, 0.5) is 0 Å². The molecule has 0 unspecified atom stereocenters. The Bertz CT molecular complexity index is 586. The topological polar surface area (TPSA) is 9.23 Å². The van der Waals surface area contributed by atoms with Crippen LogP contribution in [-0.2, 0) is 10.8 Å². The third kappa shape index (κ3) is 7.32. The number of allylic oxidation sites excluding steroid dienone is 2. The second-order valence-corrected chi connectivity index (χ2v) is 15.1. The number of alkyl halides is 1. The first-order valence-electron chi connectivity index (χ1n) is 9.61. The van der Waals surface area contributed by atoms with Gasteiger partial charge in [-0.2, -0.15) is 0 Å². The molecule has 0 saturated carbocycles. The summed E-state index contributed by atoms with van der Waals surface area (Å²) in [5, 5.41) is 0.241. The van der Waals surface area contributed by atoms with E-state index in [4.69, 9.17) is 4.43 Å². The Balaban J connectivity index is 2.95. The zero-order valence-corrected chi connectivity index (χ0v) is 21.8. The standard InChI is InChI=1S/C22H37IOSSi/c1-9-21(24-26(7,8)22(3,4)5)19-12-10-11-18(15-19)13-17(2)14-20(16-23)25-6/h10-12,14-15,17,21H,9,13,16H2,1-8H3/b20-14-/t17-,21-/m0/s1. The van der Waals surface area contributed by atoms with E-state index < -0.39 is 8.32 Å². The second-order valence-electron chi connectivity index (χ2n) is 8.67. The fourth-order valence-electron chi connectivity index (χ4n) is 2.76. The minimum atomic E-state index is -1.77. The van der Waals surface area contributed by atoms with Gasteiger partial charge < -0.3 is 4.43 Å². The second kappa shape index (κ2) is 10.7. The Morgan fingerprint density at radius 1 is 1.31 bits per heavy atom. The van der Waals surface area contributed by atoms with Crippen molar-refractivity contribution in [3.8, 4) is 0 Å². The Kier molecular flexibility index (Phi) is 9.96. The van der Waals surface area contributed by atoms with Gasteiger partial charge in [-0.3, -0.25) is 0 Å². The Hall–Kier alpha value is 0.217. The van der Waals surface area contributed by atoms with Gasteiger partial charge in [0.15, 0.2) is 8.32 Å². The minimum Gasteiger partial charge on any atom is -0.410 e. The first-order chi connectivity index (χ1) is 12.0. The van der Waals surface area contributed by atoms with Crippen molar-refractivity contribution in [1.29, 1.82) is 0 Å². The summed E-state index contributed by atoms with van der Waals surface area (Å²) < 4.78 is 7.82.